The van der Waals surface area contributed by atoms with Gasteiger partial charge in [-0.1, -0.05) is 13.8 Å². The van der Waals surface area contributed by atoms with Gasteiger partial charge in [-0.05, 0) is 24.2 Å². The van der Waals surface area contributed by atoms with Gasteiger partial charge in [0.2, 0.25) is 5.91 Å². The monoisotopic (exact) mass is 212 g/mol. The fourth-order valence-corrected chi connectivity index (χ4v) is 2.19. The van der Waals surface area contributed by atoms with Crippen LogP contribution in [0.1, 0.15) is 26.7 Å². The summed E-state index contributed by atoms with van der Waals surface area (Å²) in [5.41, 5.74) is 0.413. The molecule has 2 aliphatic rings. The Morgan fingerprint density at radius 3 is 2.73 bits per heavy atom. The van der Waals surface area contributed by atoms with Crippen LogP contribution in [0.3, 0.4) is 0 Å². The van der Waals surface area contributed by atoms with Crippen LogP contribution in [0.4, 0.5) is 0 Å². The second kappa shape index (κ2) is 3.76. The summed E-state index contributed by atoms with van der Waals surface area (Å²) in [6, 6.07) is -0.193. The van der Waals surface area contributed by atoms with Crippen LogP contribution in [-0.2, 0) is 4.79 Å². The molecule has 1 aliphatic heterocycles. The van der Waals surface area contributed by atoms with Crippen molar-refractivity contribution in [2.45, 2.75) is 38.8 Å². The number of aliphatic hydroxyl groups is 1. The molecular weight excluding hydrogens is 192 g/mol. The predicted molar refractivity (Wildman–Crippen MR) is 57.3 cm³/mol. The predicted octanol–water partition coefficient (Wildman–Crippen LogP) is -0.128. The van der Waals surface area contributed by atoms with Crippen LogP contribution in [0.15, 0.2) is 0 Å². The molecule has 0 radical (unpaired) electrons. The van der Waals surface area contributed by atoms with E-state index in [1.165, 1.54) is 6.42 Å². The Morgan fingerprint density at radius 2 is 2.27 bits per heavy atom. The first-order valence-corrected chi connectivity index (χ1v) is 5.68. The second-order valence-corrected chi connectivity index (χ2v) is 5.49. The van der Waals surface area contributed by atoms with Gasteiger partial charge in [0.25, 0.3) is 0 Å². The number of hydrogen-bond donors (Lipinski definition) is 3. The molecule has 0 aromatic heterocycles. The Morgan fingerprint density at radius 1 is 1.60 bits per heavy atom. The summed E-state index contributed by atoms with van der Waals surface area (Å²) in [6.07, 6.45) is 1.38. The number of carbonyl (C=O) groups is 1. The van der Waals surface area contributed by atoms with Crippen molar-refractivity contribution in [1.29, 1.82) is 0 Å². The topological polar surface area (TPSA) is 61.4 Å². The first kappa shape index (κ1) is 10.9. The van der Waals surface area contributed by atoms with Gasteiger partial charge in [0.05, 0.1) is 12.1 Å². The third-order valence-electron chi connectivity index (χ3n) is 3.66. The van der Waals surface area contributed by atoms with Crippen molar-refractivity contribution in [1.82, 2.24) is 10.6 Å². The standard InChI is InChI=1S/C11H20N2O2/c1-11(2)4-7(11)5-13-10(15)9-3-8(14)6-12-9/h7-9,12,14H,3-6H2,1-2H3,(H,13,15)/t7?,8-,9-/m1/s1. The maximum atomic E-state index is 11.6. The van der Waals surface area contributed by atoms with E-state index in [0.717, 1.165) is 6.54 Å². The number of β-amino-alcohol motifs (C(OH)–C–C–N with tert-alkyl or cyclic N) is 1. The number of amides is 1. The van der Waals surface area contributed by atoms with Crippen LogP contribution in [0.5, 0.6) is 0 Å². The molecule has 0 spiro atoms. The number of hydrogen-bond acceptors (Lipinski definition) is 3. The Labute approximate surface area is 90.4 Å². The lowest BCUT2D eigenvalue weighted by molar-refractivity contribution is -0.123. The number of carbonyl (C=O) groups excluding carboxylic acids is 1. The summed E-state index contributed by atoms with van der Waals surface area (Å²) < 4.78 is 0. The number of nitrogens with one attached hydrogen (secondary N) is 2. The summed E-state index contributed by atoms with van der Waals surface area (Å²) in [7, 11) is 0. The van der Waals surface area contributed by atoms with Crippen LogP contribution in [0, 0.1) is 11.3 Å². The van der Waals surface area contributed by atoms with Gasteiger partial charge in [-0.25, -0.2) is 0 Å². The number of rotatable bonds is 3. The lowest BCUT2D eigenvalue weighted by Crippen LogP contribution is -2.41. The molecular formula is C11H20N2O2. The third-order valence-corrected chi connectivity index (χ3v) is 3.66. The van der Waals surface area contributed by atoms with Gasteiger partial charge < -0.3 is 15.7 Å². The quantitative estimate of drug-likeness (QED) is 0.611. The smallest absolute Gasteiger partial charge is 0.237 e. The fourth-order valence-electron chi connectivity index (χ4n) is 2.19. The van der Waals surface area contributed by atoms with Gasteiger partial charge in [0.1, 0.15) is 0 Å². The lowest BCUT2D eigenvalue weighted by atomic mass is 10.1. The average Bonchev–Trinajstić information content (AvgIpc) is 2.59. The summed E-state index contributed by atoms with van der Waals surface area (Å²) in [5.74, 6) is 0.669. The van der Waals surface area contributed by atoms with E-state index in [4.69, 9.17) is 0 Å². The molecule has 1 saturated heterocycles. The molecule has 1 unspecified atom stereocenters. The average molecular weight is 212 g/mol. The zero-order valence-electron chi connectivity index (χ0n) is 9.42. The van der Waals surface area contributed by atoms with Gasteiger partial charge in [-0.2, -0.15) is 0 Å². The largest absolute Gasteiger partial charge is 0.392 e. The zero-order chi connectivity index (χ0) is 11.1. The van der Waals surface area contributed by atoms with Gasteiger partial charge >= 0.3 is 0 Å². The minimum Gasteiger partial charge on any atom is -0.392 e. The highest BCUT2D eigenvalue weighted by Gasteiger charge is 2.45. The molecule has 1 aliphatic carbocycles. The van der Waals surface area contributed by atoms with Crippen molar-refractivity contribution in [2.75, 3.05) is 13.1 Å². The minimum atomic E-state index is -0.363. The third kappa shape index (κ3) is 2.49. The van der Waals surface area contributed by atoms with Crippen LogP contribution < -0.4 is 10.6 Å². The Bertz CT molecular complexity index is 265. The van der Waals surface area contributed by atoms with Crippen molar-refractivity contribution in [3.05, 3.63) is 0 Å². The van der Waals surface area contributed by atoms with Gasteiger partial charge in [0, 0.05) is 13.1 Å². The van der Waals surface area contributed by atoms with Crippen molar-refractivity contribution in [2.24, 2.45) is 11.3 Å². The van der Waals surface area contributed by atoms with E-state index >= 15 is 0 Å². The molecule has 4 nitrogen and oxygen atoms in total. The Kier molecular flexibility index (Phi) is 2.73. The maximum absolute atomic E-state index is 11.6. The normalized spacial score (nSPS) is 37.7. The van der Waals surface area contributed by atoms with E-state index in [9.17, 15) is 9.90 Å². The van der Waals surface area contributed by atoms with E-state index in [-0.39, 0.29) is 18.1 Å². The van der Waals surface area contributed by atoms with Crippen LogP contribution in [-0.4, -0.2) is 36.2 Å². The molecule has 4 heteroatoms. The molecule has 86 valence electrons. The van der Waals surface area contributed by atoms with E-state index < -0.39 is 0 Å². The maximum Gasteiger partial charge on any atom is 0.237 e. The molecule has 2 fully saturated rings. The van der Waals surface area contributed by atoms with E-state index in [1.807, 2.05) is 0 Å². The first-order chi connectivity index (χ1) is 6.99. The highest BCUT2D eigenvalue weighted by molar-refractivity contribution is 5.82. The van der Waals surface area contributed by atoms with Crippen molar-refractivity contribution < 1.29 is 9.90 Å². The van der Waals surface area contributed by atoms with E-state index in [2.05, 4.69) is 24.5 Å². The van der Waals surface area contributed by atoms with Gasteiger partial charge in [-0.3, -0.25) is 4.79 Å². The summed E-state index contributed by atoms with van der Waals surface area (Å²) >= 11 is 0. The molecule has 3 atom stereocenters. The minimum absolute atomic E-state index is 0.0363. The molecule has 3 N–H and O–H groups in total. The molecule has 0 aromatic carbocycles. The van der Waals surface area contributed by atoms with Gasteiger partial charge in [0.15, 0.2) is 0 Å². The highest BCUT2D eigenvalue weighted by atomic mass is 16.3. The molecule has 0 aromatic rings. The Hall–Kier alpha value is -0.610. The zero-order valence-corrected chi connectivity index (χ0v) is 9.42. The molecule has 1 heterocycles. The van der Waals surface area contributed by atoms with E-state index in [0.29, 0.717) is 24.3 Å². The number of aliphatic hydroxyl groups excluding tert-OH is 1. The van der Waals surface area contributed by atoms with Crippen LogP contribution in [0.2, 0.25) is 0 Å². The Balaban J connectivity index is 1.69. The van der Waals surface area contributed by atoms with Crippen LogP contribution in [0.25, 0.3) is 0 Å². The molecule has 15 heavy (non-hydrogen) atoms. The molecule has 0 bridgehead atoms. The SMILES string of the molecule is CC1(C)CC1CNC(=O)[C@H]1C[C@@H](O)CN1. The molecule has 1 amide bonds. The first-order valence-electron chi connectivity index (χ1n) is 5.68. The van der Waals surface area contributed by atoms with Crippen LogP contribution >= 0.6 is 0 Å². The van der Waals surface area contributed by atoms with Gasteiger partial charge in [-0.15, -0.1) is 0 Å². The lowest BCUT2D eigenvalue weighted by Gasteiger charge is -2.11. The molecule has 1 saturated carbocycles. The summed E-state index contributed by atoms with van der Waals surface area (Å²) in [5, 5.41) is 15.2. The van der Waals surface area contributed by atoms with Crippen molar-refractivity contribution >= 4 is 5.91 Å². The van der Waals surface area contributed by atoms with Crippen molar-refractivity contribution in [3.63, 3.8) is 0 Å². The van der Waals surface area contributed by atoms with E-state index in [1.54, 1.807) is 0 Å². The molecule has 2 rings (SSSR count). The fraction of sp³-hybridized carbons (Fsp3) is 0.909. The van der Waals surface area contributed by atoms with Crippen molar-refractivity contribution in [3.8, 4) is 0 Å². The highest BCUT2D eigenvalue weighted by Crippen LogP contribution is 2.50. The second-order valence-electron chi connectivity index (χ2n) is 5.49. The summed E-state index contributed by atoms with van der Waals surface area (Å²) in [4.78, 5) is 11.6. The summed E-state index contributed by atoms with van der Waals surface area (Å²) in [6.45, 7) is 5.76.